The standard InChI is InChI=1S/C29H25N5O3/c30-27-26-25(20-9-11-24(12-10-20)37-23-7-2-1-3-8-23)13-14-31-28(26)34(32-27)22-6-4-5-21(19-22)29(35)33-15-17-36-18-16-33/h1-14,19H,15-18H2,(H2,30,32). The fourth-order valence-electron chi connectivity index (χ4n) is 4.54. The van der Waals surface area contributed by atoms with Gasteiger partial charge in [-0.3, -0.25) is 4.79 Å². The summed E-state index contributed by atoms with van der Waals surface area (Å²) in [7, 11) is 0. The number of nitrogens with two attached hydrogens (primary N) is 1. The van der Waals surface area contributed by atoms with Crippen LogP contribution in [0.4, 0.5) is 5.82 Å². The maximum Gasteiger partial charge on any atom is 0.254 e. The minimum Gasteiger partial charge on any atom is -0.457 e. The second-order valence-electron chi connectivity index (χ2n) is 8.75. The molecule has 6 rings (SSSR count). The van der Waals surface area contributed by atoms with Crippen LogP contribution in [0.2, 0.25) is 0 Å². The van der Waals surface area contributed by atoms with Gasteiger partial charge in [0.25, 0.3) is 5.91 Å². The molecular formula is C29H25N5O3. The minimum atomic E-state index is -0.0268. The first-order valence-corrected chi connectivity index (χ1v) is 12.1. The molecule has 0 aliphatic carbocycles. The SMILES string of the molecule is Nc1nn(-c2cccc(C(=O)N3CCOCC3)c2)c2nccc(-c3ccc(Oc4ccccc4)cc3)c12. The monoisotopic (exact) mass is 491 g/mol. The molecule has 3 heterocycles. The highest BCUT2D eigenvalue weighted by Gasteiger charge is 2.20. The van der Waals surface area contributed by atoms with Gasteiger partial charge in [0.2, 0.25) is 0 Å². The van der Waals surface area contributed by atoms with E-state index < -0.39 is 0 Å². The minimum absolute atomic E-state index is 0.0268. The van der Waals surface area contributed by atoms with Gasteiger partial charge in [0.1, 0.15) is 11.5 Å². The lowest BCUT2D eigenvalue weighted by Crippen LogP contribution is -2.40. The number of nitrogen functional groups attached to an aromatic ring is 1. The molecule has 1 amide bonds. The van der Waals surface area contributed by atoms with E-state index in [1.54, 1.807) is 15.8 Å². The Bertz CT molecular complexity index is 1560. The lowest BCUT2D eigenvalue weighted by Gasteiger charge is -2.27. The molecule has 0 bridgehead atoms. The number of hydrogen-bond donors (Lipinski definition) is 1. The Labute approximate surface area is 213 Å². The van der Waals surface area contributed by atoms with Crippen LogP contribution in [0.1, 0.15) is 10.4 Å². The molecule has 2 N–H and O–H groups in total. The van der Waals surface area contributed by atoms with Crippen molar-refractivity contribution in [3.8, 4) is 28.3 Å². The maximum atomic E-state index is 13.0. The van der Waals surface area contributed by atoms with Crippen LogP contribution in [-0.2, 0) is 4.74 Å². The van der Waals surface area contributed by atoms with Crippen LogP contribution in [0.25, 0.3) is 27.8 Å². The number of rotatable bonds is 5. The van der Waals surface area contributed by atoms with E-state index in [1.165, 1.54) is 0 Å². The van der Waals surface area contributed by atoms with Gasteiger partial charge in [0.15, 0.2) is 11.5 Å². The van der Waals surface area contributed by atoms with Gasteiger partial charge >= 0.3 is 0 Å². The highest BCUT2D eigenvalue weighted by Crippen LogP contribution is 2.34. The average molecular weight is 492 g/mol. The highest BCUT2D eigenvalue weighted by atomic mass is 16.5. The van der Waals surface area contributed by atoms with Gasteiger partial charge in [-0.15, -0.1) is 5.10 Å². The Kier molecular flexibility index (Phi) is 6.00. The van der Waals surface area contributed by atoms with Gasteiger partial charge in [-0.05, 0) is 59.7 Å². The van der Waals surface area contributed by atoms with Gasteiger partial charge in [0, 0.05) is 24.8 Å². The molecule has 8 nitrogen and oxygen atoms in total. The first-order valence-electron chi connectivity index (χ1n) is 12.1. The first kappa shape index (κ1) is 22.8. The van der Waals surface area contributed by atoms with Crippen molar-refractivity contribution in [3.05, 3.63) is 96.7 Å². The van der Waals surface area contributed by atoms with Crippen molar-refractivity contribution in [3.63, 3.8) is 0 Å². The van der Waals surface area contributed by atoms with Gasteiger partial charge in [-0.25, -0.2) is 9.67 Å². The van der Waals surface area contributed by atoms with Crippen LogP contribution in [-0.4, -0.2) is 51.9 Å². The van der Waals surface area contributed by atoms with Crippen molar-refractivity contribution < 1.29 is 14.3 Å². The number of carbonyl (C=O) groups excluding carboxylic acids is 1. The number of para-hydroxylation sites is 1. The summed E-state index contributed by atoms with van der Waals surface area (Å²) in [4.78, 5) is 19.4. The fraction of sp³-hybridized carbons (Fsp3) is 0.138. The first-order chi connectivity index (χ1) is 18.2. The molecule has 1 saturated heterocycles. The van der Waals surface area contributed by atoms with Crippen molar-refractivity contribution in [2.24, 2.45) is 0 Å². The van der Waals surface area contributed by atoms with Crippen LogP contribution in [0, 0.1) is 0 Å². The van der Waals surface area contributed by atoms with Crippen molar-refractivity contribution in [1.29, 1.82) is 0 Å². The number of fused-ring (bicyclic) bond motifs is 1. The van der Waals surface area contributed by atoms with E-state index >= 15 is 0 Å². The number of benzene rings is 3. The smallest absolute Gasteiger partial charge is 0.254 e. The van der Waals surface area contributed by atoms with E-state index in [1.807, 2.05) is 84.9 Å². The number of aromatic nitrogens is 3. The van der Waals surface area contributed by atoms with Gasteiger partial charge < -0.3 is 20.1 Å². The summed E-state index contributed by atoms with van der Waals surface area (Å²) < 4.78 is 13.0. The number of amides is 1. The maximum absolute atomic E-state index is 13.0. The number of pyridine rings is 1. The molecule has 8 heteroatoms. The van der Waals surface area contributed by atoms with Gasteiger partial charge in [-0.2, -0.15) is 0 Å². The third-order valence-electron chi connectivity index (χ3n) is 6.38. The van der Waals surface area contributed by atoms with Crippen LogP contribution < -0.4 is 10.5 Å². The van der Waals surface area contributed by atoms with E-state index in [2.05, 4.69) is 10.1 Å². The molecule has 1 aliphatic heterocycles. The lowest BCUT2D eigenvalue weighted by atomic mass is 10.0. The van der Waals surface area contributed by atoms with Crippen molar-refractivity contribution in [2.75, 3.05) is 32.0 Å². The normalized spacial score (nSPS) is 13.6. The lowest BCUT2D eigenvalue weighted by molar-refractivity contribution is 0.0303. The largest absolute Gasteiger partial charge is 0.457 e. The third kappa shape index (κ3) is 4.50. The molecule has 5 aromatic rings. The average Bonchev–Trinajstić information content (AvgIpc) is 3.31. The highest BCUT2D eigenvalue weighted by molar-refractivity contribution is 6.01. The number of morpholine rings is 1. The zero-order valence-electron chi connectivity index (χ0n) is 20.1. The summed E-state index contributed by atoms with van der Waals surface area (Å²) in [5, 5.41) is 5.35. The predicted molar refractivity (Wildman–Crippen MR) is 142 cm³/mol. The van der Waals surface area contributed by atoms with Crippen molar-refractivity contribution in [2.45, 2.75) is 0 Å². The zero-order valence-corrected chi connectivity index (χ0v) is 20.1. The van der Waals surface area contributed by atoms with Crippen LogP contribution in [0.15, 0.2) is 91.1 Å². The molecule has 0 radical (unpaired) electrons. The van der Waals surface area contributed by atoms with E-state index in [4.69, 9.17) is 15.2 Å². The Morgan fingerprint density at radius 1 is 0.892 bits per heavy atom. The zero-order chi connectivity index (χ0) is 25.2. The summed E-state index contributed by atoms with van der Waals surface area (Å²) in [5.41, 5.74) is 10.2. The van der Waals surface area contributed by atoms with Crippen LogP contribution >= 0.6 is 0 Å². The summed E-state index contributed by atoms with van der Waals surface area (Å²) >= 11 is 0. The van der Waals surface area contributed by atoms with Crippen molar-refractivity contribution >= 4 is 22.8 Å². The summed E-state index contributed by atoms with van der Waals surface area (Å²) in [6.45, 7) is 2.28. The predicted octanol–water partition coefficient (Wildman–Crippen LogP) is 4.93. The molecular weight excluding hydrogens is 466 g/mol. The molecule has 0 unspecified atom stereocenters. The summed E-state index contributed by atoms with van der Waals surface area (Å²) in [6.07, 6.45) is 1.74. The molecule has 0 atom stereocenters. The Morgan fingerprint density at radius 3 is 2.43 bits per heavy atom. The molecule has 2 aromatic heterocycles. The third-order valence-corrected chi connectivity index (χ3v) is 6.38. The molecule has 1 aliphatic rings. The molecule has 0 saturated carbocycles. The van der Waals surface area contributed by atoms with E-state index in [9.17, 15) is 4.79 Å². The van der Waals surface area contributed by atoms with Crippen LogP contribution in [0.5, 0.6) is 11.5 Å². The quantitative estimate of drug-likeness (QED) is 0.374. The number of carbonyl (C=O) groups is 1. The van der Waals surface area contributed by atoms with Gasteiger partial charge in [-0.1, -0.05) is 36.4 Å². The second kappa shape index (κ2) is 9.75. The molecule has 184 valence electrons. The van der Waals surface area contributed by atoms with E-state index in [0.29, 0.717) is 43.3 Å². The van der Waals surface area contributed by atoms with E-state index in [-0.39, 0.29) is 5.91 Å². The Balaban J connectivity index is 1.33. The summed E-state index contributed by atoms with van der Waals surface area (Å²) in [6, 6.07) is 26.8. The summed E-state index contributed by atoms with van der Waals surface area (Å²) in [5.74, 6) is 1.86. The second-order valence-corrected chi connectivity index (χ2v) is 8.75. The molecule has 0 spiro atoms. The fourth-order valence-corrected chi connectivity index (χ4v) is 4.54. The van der Waals surface area contributed by atoms with E-state index in [0.717, 1.165) is 33.7 Å². The number of anilines is 1. The molecule has 1 fully saturated rings. The Hall–Kier alpha value is -4.69. The molecule has 3 aromatic carbocycles. The molecule has 37 heavy (non-hydrogen) atoms. The topological polar surface area (TPSA) is 95.5 Å². The van der Waals surface area contributed by atoms with Crippen LogP contribution in [0.3, 0.4) is 0 Å². The number of hydrogen-bond acceptors (Lipinski definition) is 6. The number of nitrogens with zero attached hydrogens (tertiary/aromatic N) is 4. The Morgan fingerprint density at radius 2 is 1.65 bits per heavy atom. The van der Waals surface area contributed by atoms with Gasteiger partial charge in [0.05, 0.1) is 24.3 Å². The van der Waals surface area contributed by atoms with Crippen molar-refractivity contribution in [1.82, 2.24) is 19.7 Å². The number of ether oxygens (including phenoxy) is 2.